The topological polar surface area (TPSA) is 69.7 Å². The summed E-state index contributed by atoms with van der Waals surface area (Å²) in [5.41, 5.74) is 1.42. The molecule has 0 spiro atoms. The number of halogens is 1. The fourth-order valence-electron chi connectivity index (χ4n) is 2.46. The first-order valence-corrected chi connectivity index (χ1v) is 12.7. The predicted molar refractivity (Wildman–Crippen MR) is 116 cm³/mol. The Labute approximate surface area is 178 Å². The van der Waals surface area contributed by atoms with Crippen molar-refractivity contribution in [1.82, 2.24) is 10.3 Å². The minimum Gasteiger partial charge on any atom is -0.497 e. The van der Waals surface area contributed by atoms with Crippen molar-refractivity contribution in [2.24, 2.45) is 0 Å². The molecule has 0 radical (unpaired) electrons. The molecule has 1 aromatic heterocycles. The smallest absolute Gasteiger partial charge is 0.407 e. The number of nitrogens with zero attached hydrogens (tertiary/aromatic N) is 1. The maximum Gasteiger partial charge on any atom is 0.407 e. The minimum atomic E-state index is -2.17. The number of carbonyl (C=O) groups excluding carboxylic acids is 1. The van der Waals surface area contributed by atoms with Crippen LogP contribution in [0.15, 0.2) is 42.7 Å². The molecule has 30 heavy (non-hydrogen) atoms. The highest BCUT2D eigenvalue weighted by molar-refractivity contribution is 6.74. The average Bonchev–Trinajstić information content (AvgIpc) is 2.69. The van der Waals surface area contributed by atoms with Crippen LogP contribution in [0.1, 0.15) is 38.0 Å². The summed E-state index contributed by atoms with van der Waals surface area (Å²) in [6.45, 7) is 10.9. The predicted octanol–water partition coefficient (Wildman–Crippen LogP) is 5.22. The molecule has 0 saturated heterocycles. The second-order valence-corrected chi connectivity index (χ2v) is 13.4. The van der Waals surface area contributed by atoms with Gasteiger partial charge in [-0.05, 0) is 41.9 Å². The van der Waals surface area contributed by atoms with E-state index in [9.17, 15) is 9.18 Å². The molecule has 0 aliphatic heterocycles. The molecule has 2 rings (SSSR count). The number of alkyl carbamates (subject to hydrolysis) is 1. The summed E-state index contributed by atoms with van der Waals surface area (Å²) in [5, 5.41) is 2.69. The van der Waals surface area contributed by atoms with Crippen molar-refractivity contribution in [3.63, 3.8) is 0 Å². The molecule has 0 fully saturated rings. The Morgan fingerprint density at radius 3 is 2.43 bits per heavy atom. The third-order valence-electron chi connectivity index (χ3n) is 5.30. The lowest BCUT2D eigenvalue weighted by Crippen LogP contribution is -2.44. The number of methoxy groups -OCH3 is 1. The Morgan fingerprint density at radius 1 is 1.20 bits per heavy atom. The highest BCUT2D eigenvalue weighted by Crippen LogP contribution is 2.39. The molecule has 1 N–H and O–H groups in total. The van der Waals surface area contributed by atoms with Crippen molar-refractivity contribution in [2.75, 3.05) is 13.7 Å². The molecule has 1 heterocycles. The third kappa shape index (κ3) is 6.81. The Morgan fingerprint density at radius 2 is 1.87 bits per heavy atom. The van der Waals surface area contributed by atoms with Gasteiger partial charge in [-0.2, -0.15) is 0 Å². The van der Waals surface area contributed by atoms with Gasteiger partial charge in [-0.15, -0.1) is 0 Å². The number of ether oxygens (including phenoxy) is 2. The second-order valence-electron chi connectivity index (χ2n) is 8.61. The number of amides is 1. The molecular formula is C22H31FN2O4Si. The molecule has 0 aliphatic carbocycles. The standard InChI is InChI=1S/C22H31FN2O4Si/c1-22(2,3)30(5,6)29-20(17-11-18(23)13-24-12-17)14-25-21(26)28-15-16-7-9-19(27-4)10-8-16/h7-13,20H,14-15H2,1-6H3,(H,25,26)/t20-/m0/s1. The number of aromatic nitrogens is 1. The van der Waals surface area contributed by atoms with Crippen LogP contribution in [-0.4, -0.2) is 33.0 Å². The quantitative estimate of drug-likeness (QED) is 0.577. The molecule has 0 aliphatic rings. The van der Waals surface area contributed by atoms with E-state index in [4.69, 9.17) is 13.9 Å². The lowest BCUT2D eigenvalue weighted by Gasteiger charge is -2.39. The van der Waals surface area contributed by atoms with Crippen LogP contribution in [0.25, 0.3) is 0 Å². The van der Waals surface area contributed by atoms with E-state index in [0.717, 1.165) is 17.5 Å². The molecule has 0 bridgehead atoms. The Bertz CT molecular complexity index is 838. The van der Waals surface area contributed by atoms with Crippen LogP contribution in [0, 0.1) is 5.82 Å². The highest BCUT2D eigenvalue weighted by atomic mass is 28.4. The normalized spacial score (nSPS) is 12.9. The number of nitrogens with one attached hydrogen (secondary N) is 1. The number of pyridine rings is 1. The average molecular weight is 435 g/mol. The molecule has 164 valence electrons. The van der Waals surface area contributed by atoms with Gasteiger partial charge in [0.2, 0.25) is 0 Å². The molecular weight excluding hydrogens is 403 g/mol. The van der Waals surface area contributed by atoms with Crippen LogP contribution in [-0.2, 0) is 15.8 Å². The van der Waals surface area contributed by atoms with Crippen LogP contribution in [0.2, 0.25) is 18.1 Å². The molecule has 0 unspecified atom stereocenters. The van der Waals surface area contributed by atoms with Crippen molar-refractivity contribution in [1.29, 1.82) is 0 Å². The van der Waals surface area contributed by atoms with Gasteiger partial charge in [0.15, 0.2) is 8.32 Å². The maximum atomic E-state index is 13.7. The van der Waals surface area contributed by atoms with E-state index in [2.05, 4.69) is 44.2 Å². The van der Waals surface area contributed by atoms with E-state index in [-0.39, 0.29) is 18.2 Å². The largest absolute Gasteiger partial charge is 0.497 e. The minimum absolute atomic E-state index is 0.0408. The Hall–Kier alpha value is -2.45. The third-order valence-corrected chi connectivity index (χ3v) is 9.79. The zero-order chi connectivity index (χ0) is 22.4. The van der Waals surface area contributed by atoms with E-state index < -0.39 is 26.3 Å². The first-order valence-electron chi connectivity index (χ1n) is 9.83. The van der Waals surface area contributed by atoms with Gasteiger partial charge in [-0.3, -0.25) is 4.98 Å². The maximum absolute atomic E-state index is 13.7. The van der Waals surface area contributed by atoms with E-state index in [0.29, 0.717) is 5.56 Å². The van der Waals surface area contributed by atoms with Crippen LogP contribution >= 0.6 is 0 Å². The molecule has 8 heteroatoms. The van der Waals surface area contributed by atoms with E-state index in [1.807, 2.05) is 12.1 Å². The van der Waals surface area contributed by atoms with Gasteiger partial charge in [0, 0.05) is 11.8 Å². The number of carbonyl (C=O) groups is 1. The van der Waals surface area contributed by atoms with Crippen molar-refractivity contribution in [3.05, 3.63) is 59.7 Å². The van der Waals surface area contributed by atoms with Crippen LogP contribution < -0.4 is 10.1 Å². The molecule has 0 saturated carbocycles. The summed E-state index contributed by atoms with van der Waals surface area (Å²) < 4.78 is 30.6. The summed E-state index contributed by atoms with van der Waals surface area (Å²) in [7, 11) is -0.582. The molecule has 1 atom stereocenters. The Kier molecular flexibility index (Phi) is 7.97. The van der Waals surface area contributed by atoms with Gasteiger partial charge in [0.1, 0.15) is 18.2 Å². The molecule has 6 nitrogen and oxygen atoms in total. The van der Waals surface area contributed by atoms with Gasteiger partial charge in [0.05, 0.1) is 26.0 Å². The van der Waals surface area contributed by atoms with Crippen LogP contribution in [0.3, 0.4) is 0 Å². The van der Waals surface area contributed by atoms with Crippen molar-refractivity contribution < 1.29 is 23.1 Å². The van der Waals surface area contributed by atoms with E-state index >= 15 is 0 Å². The van der Waals surface area contributed by atoms with Gasteiger partial charge >= 0.3 is 6.09 Å². The second kappa shape index (κ2) is 10.0. The van der Waals surface area contributed by atoms with E-state index in [1.165, 1.54) is 6.07 Å². The number of rotatable bonds is 8. The van der Waals surface area contributed by atoms with Crippen LogP contribution in [0.4, 0.5) is 9.18 Å². The lowest BCUT2D eigenvalue weighted by atomic mass is 10.1. The number of hydrogen-bond acceptors (Lipinski definition) is 5. The van der Waals surface area contributed by atoms with Crippen molar-refractivity contribution >= 4 is 14.4 Å². The van der Waals surface area contributed by atoms with Gasteiger partial charge in [0.25, 0.3) is 0 Å². The van der Waals surface area contributed by atoms with Gasteiger partial charge < -0.3 is 19.2 Å². The summed E-state index contributed by atoms with van der Waals surface area (Å²) in [4.78, 5) is 16.1. The van der Waals surface area contributed by atoms with Gasteiger partial charge in [-0.1, -0.05) is 32.9 Å². The summed E-state index contributed by atoms with van der Waals surface area (Å²) in [5.74, 6) is 0.288. The van der Waals surface area contributed by atoms with E-state index in [1.54, 1.807) is 25.4 Å². The summed E-state index contributed by atoms with van der Waals surface area (Å²) in [6, 6.07) is 8.64. The highest BCUT2D eigenvalue weighted by Gasteiger charge is 2.39. The Balaban J connectivity index is 2.01. The molecule has 2 aromatic rings. The zero-order valence-electron chi connectivity index (χ0n) is 18.5. The summed E-state index contributed by atoms with van der Waals surface area (Å²) >= 11 is 0. The molecule has 1 amide bonds. The van der Waals surface area contributed by atoms with Crippen molar-refractivity contribution in [2.45, 2.75) is 51.6 Å². The number of hydrogen-bond donors (Lipinski definition) is 1. The lowest BCUT2D eigenvalue weighted by molar-refractivity contribution is 0.127. The fraction of sp³-hybridized carbons (Fsp3) is 0.455. The van der Waals surface area contributed by atoms with Crippen molar-refractivity contribution in [3.8, 4) is 5.75 Å². The molecule has 1 aromatic carbocycles. The van der Waals surface area contributed by atoms with Crippen LogP contribution in [0.5, 0.6) is 5.75 Å². The fourth-order valence-corrected chi connectivity index (χ4v) is 3.75. The SMILES string of the molecule is COc1ccc(COC(=O)NC[C@H](O[Si](C)(C)C(C)(C)C)c2cncc(F)c2)cc1. The summed E-state index contributed by atoms with van der Waals surface area (Å²) in [6.07, 6.45) is 1.61. The first kappa shape index (κ1) is 23.8. The number of benzene rings is 1. The van der Waals surface area contributed by atoms with Gasteiger partial charge in [-0.25, -0.2) is 9.18 Å². The zero-order valence-corrected chi connectivity index (χ0v) is 19.5. The first-order chi connectivity index (χ1) is 14.0. The monoisotopic (exact) mass is 434 g/mol.